The number of ether oxygens (including phenoxy) is 1. The first kappa shape index (κ1) is 11.4. The Balaban J connectivity index is 1.84. The molecule has 2 fully saturated rings. The zero-order valence-electron chi connectivity index (χ0n) is 9.82. The molecule has 0 aromatic carbocycles. The summed E-state index contributed by atoms with van der Waals surface area (Å²) in [6.07, 6.45) is 4.81. The van der Waals surface area contributed by atoms with Gasteiger partial charge in [0.25, 0.3) is 0 Å². The molecule has 0 aromatic rings. The summed E-state index contributed by atoms with van der Waals surface area (Å²) in [6, 6.07) is 2.28. The highest BCUT2D eigenvalue weighted by Gasteiger charge is 2.46. The molecular formula is C13H19NO2. The quantitative estimate of drug-likeness (QED) is 0.685. The summed E-state index contributed by atoms with van der Waals surface area (Å²) in [5.41, 5.74) is 0. The van der Waals surface area contributed by atoms with E-state index in [9.17, 15) is 4.79 Å². The maximum Gasteiger partial charge on any atom is 0.305 e. The van der Waals surface area contributed by atoms with Gasteiger partial charge >= 0.3 is 5.97 Å². The molecule has 0 aromatic heterocycles. The predicted octanol–water partition coefficient (Wildman–Crippen LogP) is 2.52. The lowest BCUT2D eigenvalue weighted by atomic mass is 9.79. The fourth-order valence-electron chi connectivity index (χ4n) is 3.49. The first-order valence-corrected chi connectivity index (χ1v) is 6.27. The molecule has 0 saturated heterocycles. The average Bonchev–Trinajstić information content (AvgIpc) is 2.85. The van der Waals surface area contributed by atoms with Crippen molar-refractivity contribution in [3.05, 3.63) is 0 Å². The molecule has 3 nitrogen and oxygen atoms in total. The summed E-state index contributed by atoms with van der Waals surface area (Å²) in [4.78, 5) is 11.1. The normalized spacial score (nSPS) is 36.0. The Kier molecular flexibility index (Phi) is 3.48. The van der Waals surface area contributed by atoms with Gasteiger partial charge in [-0.15, -0.1) is 0 Å². The second-order valence-electron chi connectivity index (χ2n) is 5.16. The smallest absolute Gasteiger partial charge is 0.305 e. The van der Waals surface area contributed by atoms with Gasteiger partial charge in [-0.2, -0.15) is 5.26 Å². The summed E-state index contributed by atoms with van der Waals surface area (Å²) in [7, 11) is 0. The van der Waals surface area contributed by atoms with Crippen LogP contribution < -0.4 is 0 Å². The lowest BCUT2D eigenvalue weighted by Crippen LogP contribution is -2.25. The van der Waals surface area contributed by atoms with Gasteiger partial charge < -0.3 is 4.74 Å². The van der Waals surface area contributed by atoms with Crippen LogP contribution in [0.1, 0.15) is 39.0 Å². The second-order valence-corrected chi connectivity index (χ2v) is 5.16. The standard InChI is InChI=1S/C13H19NO2/c1-2-13(15)16-8-11-6-9-5-10(3-4-14)12(11)7-9/h9-12H,2-3,5-8H2,1H3. The van der Waals surface area contributed by atoms with Crippen LogP contribution in [0, 0.1) is 35.0 Å². The molecule has 2 aliphatic rings. The van der Waals surface area contributed by atoms with Crippen molar-refractivity contribution in [1.29, 1.82) is 5.26 Å². The molecule has 0 amide bonds. The van der Waals surface area contributed by atoms with Gasteiger partial charge in [0.15, 0.2) is 0 Å². The molecule has 0 radical (unpaired) electrons. The zero-order chi connectivity index (χ0) is 11.5. The highest BCUT2D eigenvalue weighted by molar-refractivity contribution is 5.68. The largest absolute Gasteiger partial charge is 0.465 e. The molecule has 0 aliphatic heterocycles. The highest BCUT2D eigenvalue weighted by Crippen LogP contribution is 2.52. The minimum Gasteiger partial charge on any atom is -0.465 e. The lowest BCUT2D eigenvalue weighted by Gasteiger charge is -2.27. The molecule has 16 heavy (non-hydrogen) atoms. The van der Waals surface area contributed by atoms with E-state index in [-0.39, 0.29) is 5.97 Å². The van der Waals surface area contributed by atoms with Gasteiger partial charge in [-0.3, -0.25) is 4.79 Å². The van der Waals surface area contributed by atoms with Crippen molar-refractivity contribution in [2.45, 2.75) is 39.0 Å². The van der Waals surface area contributed by atoms with E-state index in [4.69, 9.17) is 10.00 Å². The van der Waals surface area contributed by atoms with Crippen LogP contribution in [0.2, 0.25) is 0 Å². The van der Waals surface area contributed by atoms with Crippen molar-refractivity contribution in [2.24, 2.45) is 23.7 Å². The lowest BCUT2D eigenvalue weighted by molar-refractivity contribution is -0.145. The van der Waals surface area contributed by atoms with Crippen LogP contribution in [-0.2, 0) is 9.53 Å². The predicted molar refractivity (Wildman–Crippen MR) is 59.3 cm³/mol. The molecule has 3 heteroatoms. The van der Waals surface area contributed by atoms with Crippen LogP contribution in [0.5, 0.6) is 0 Å². The van der Waals surface area contributed by atoms with Crippen molar-refractivity contribution >= 4 is 5.97 Å². The Hall–Kier alpha value is -1.04. The molecule has 4 unspecified atom stereocenters. The maximum atomic E-state index is 11.1. The molecule has 2 rings (SSSR count). The number of rotatable bonds is 4. The number of hydrogen-bond acceptors (Lipinski definition) is 3. The van der Waals surface area contributed by atoms with Gasteiger partial charge in [-0.05, 0) is 42.9 Å². The molecule has 2 aliphatic carbocycles. The summed E-state index contributed by atoms with van der Waals surface area (Å²) in [6.45, 7) is 2.40. The fraction of sp³-hybridized carbons (Fsp3) is 0.846. The summed E-state index contributed by atoms with van der Waals surface area (Å²) in [5.74, 6) is 2.41. The molecule has 0 spiro atoms. The van der Waals surface area contributed by atoms with Crippen molar-refractivity contribution in [3.63, 3.8) is 0 Å². The number of hydrogen-bond donors (Lipinski definition) is 0. The summed E-state index contributed by atoms with van der Waals surface area (Å²) >= 11 is 0. The molecule has 0 N–H and O–H groups in total. The first-order chi connectivity index (χ1) is 7.74. The number of nitrogens with zero attached hydrogens (tertiary/aromatic N) is 1. The third kappa shape index (κ3) is 2.21. The number of carbonyl (C=O) groups excluding carboxylic acids is 1. The number of carbonyl (C=O) groups is 1. The summed E-state index contributed by atoms with van der Waals surface area (Å²) in [5, 5.41) is 8.76. The van der Waals surface area contributed by atoms with Gasteiger partial charge in [0, 0.05) is 12.8 Å². The number of nitriles is 1. The fourth-order valence-corrected chi connectivity index (χ4v) is 3.49. The Morgan fingerprint density at radius 1 is 1.38 bits per heavy atom. The third-order valence-electron chi connectivity index (χ3n) is 4.19. The zero-order valence-corrected chi connectivity index (χ0v) is 9.82. The van der Waals surface area contributed by atoms with Crippen LogP contribution in [-0.4, -0.2) is 12.6 Å². The van der Waals surface area contributed by atoms with E-state index in [2.05, 4.69) is 6.07 Å². The van der Waals surface area contributed by atoms with E-state index in [1.165, 1.54) is 19.3 Å². The first-order valence-electron chi connectivity index (χ1n) is 6.27. The Morgan fingerprint density at radius 3 is 2.75 bits per heavy atom. The van der Waals surface area contributed by atoms with Crippen molar-refractivity contribution in [3.8, 4) is 6.07 Å². The molecule has 88 valence electrons. The van der Waals surface area contributed by atoms with Gasteiger partial charge in [0.1, 0.15) is 0 Å². The van der Waals surface area contributed by atoms with Crippen molar-refractivity contribution in [1.82, 2.24) is 0 Å². The highest BCUT2D eigenvalue weighted by atomic mass is 16.5. The average molecular weight is 221 g/mol. The molecule has 2 saturated carbocycles. The van der Waals surface area contributed by atoms with E-state index in [1.54, 1.807) is 0 Å². The van der Waals surface area contributed by atoms with Crippen LogP contribution >= 0.6 is 0 Å². The van der Waals surface area contributed by atoms with Gasteiger partial charge in [0.05, 0.1) is 12.7 Å². The van der Waals surface area contributed by atoms with Crippen molar-refractivity contribution in [2.75, 3.05) is 6.61 Å². The molecule has 0 heterocycles. The SMILES string of the molecule is CCC(=O)OCC1CC2CC(CC#N)C1C2. The van der Waals surface area contributed by atoms with Crippen molar-refractivity contribution < 1.29 is 9.53 Å². The van der Waals surface area contributed by atoms with E-state index in [1.807, 2.05) is 6.92 Å². The third-order valence-corrected chi connectivity index (χ3v) is 4.19. The number of esters is 1. The molecular weight excluding hydrogens is 202 g/mol. The van der Waals surface area contributed by atoms with Crippen LogP contribution in [0.4, 0.5) is 0 Å². The van der Waals surface area contributed by atoms with Crippen LogP contribution in [0.3, 0.4) is 0 Å². The summed E-state index contributed by atoms with van der Waals surface area (Å²) < 4.78 is 5.23. The topological polar surface area (TPSA) is 50.1 Å². The second kappa shape index (κ2) is 4.86. The van der Waals surface area contributed by atoms with Gasteiger partial charge in [-0.25, -0.2) is 0 Å². The van der Waals surface area contributed by atoms with E-state index in [0.29, 0.717) is 37.2 Å². The monoisotopic (exact) mass is 221 g/mol. The van der Waals surface area contributed by atoms with Gasteiger partial charge in [-0.1, -0.05) is 6.92 Å². The Labute approximate surface area is 96.8 Å². The van der Waals surface area contributed by atoms with Gasteiger partial charge in [0.2, 0.25) is 0 Å². The minimum atomic E-state index is -0.0976. The Bertz CT molecular complexity index is 308. The number of fused-ring (bicyclic) bond motifs is 2. The Morgan fingerprint density at radius 2 is 2.12 bits per heavy atom. The van der Waals surface area contributed by atoms with Crippen LogP contribution in [0.25, 0.3) is 0 Å². The minimum absolute atomic E-state index is 0.0976. The molecule has 4 atom stereocenters. The van der Waals surface area contributed by atoms with E-state index in [0.717, 1.165) is 5.92 Å². The maximum absolute atomic E-state index is 11.1. The molecule has 2 bridgehead atoms. The van der Waals surface area contributed by atoms with Crippen LogP contribution in [0.15, 0.2) is 0 Å². The van der Waals surface area contributed by atoms with E-state index < -0.39 is 0 Å². The van der Waals surface area contributed by atoms with E-state index >= 15 is 0 Å².